The quantitative estimate of drug-likeness (QED) is 0.430. The van der Waals surface area contributed by atoms with Crippen molar-refractivity contribution in [3.63, 3.8) is 0 Å². The van der Waals surface area contributed by atoms with Gasteiger partial charge in [0.05, 0.1) is 18.2 Å². The number of aromatic nitrogens is 2. The number of nitrogens with one attached hydrogen (secondary N) is 2. The highest BCUT2D eigenvalue weighted by atomic mass is 19.1. The molecule has 33 heavy (non-hydrogen) atoms. The number of aliphatic imine (C=N–C) groups is 1. The highest BCUT2D eigenvalue weighted by Crippen LogP contribution is 2.37. The first-order chi connectivity index (χ1) is 16.1. The van der Waals surface area contributed by atoms with Crippen molar-refractivity contribution >= 4 is 23.6 Å². The van der Waals surface area contributed by atoms with Crippen LogP contribution in [0.1, 0.15) is 27.7 Å². The summed E-state index contributed by atoms with van der Waals surface area (Å²) < 4.78 is 13.1. The zero-order valence-corrected chi connectivity index (χ0v) is 17.4. The number of aliphatic hydroxyl groups excluding tert-OH is 1. The van der Waals surface area contributed by atoms with E-state index in [1.54, 1.807) is 60.0 Å². The van der Waals surface area contributed by atoms with E-state index in [2.05, 4.69) is 20.5 Å². The number of carbonyl (C=O) groups is 1. The summed E-state index contributed by atoms with van der Waals surface area (Å²) >= 11 is 0. The second-order valence-electron chi connectivity index (χ2n) is 7.65. The summed E-state index contributed by atoms with van der Waals surface area (Å²) in [6.07, 6.45) is 4.08. The summed E-state index contributed by atoms with van der Waals surface area (Å²) in [6.45, 7) is 0.279. The fourth-order valence-electron chi connectivity index (χ4n) is 3.71. The number of hydrogen-bond donors (Lipinski definition) is 3. The molecule has 0 fully saturated rings. The first-order valence-corrected chi connectivity index (χ1v) is 10.3. The lowest BCUT2D eigenvalue weighted by molar-refractivity contribution is 0.0950. The topological polar surface area (TPSA) is 93.6 Å². The van der Waals surface area contributed by atoms with Gasteiger partial charge in [-0.15, -0.1) is 0 Å². The lowest BCUT2D eigenvalue weighted by Crippen LogP contribution is -2.30. The average Bonchev–Trinajstić information content (AvgIpc) is 3.39. The van der Waals surface area contributed by atoms with Crippen LogP contribution in [0.15, 0.2) is 84.1 Å². The molecule has 3 N–H and O–H groups in total. The second kappa shape index (κ2) is 8.68. The van der Waals surface area contributed by atoms with Gasteiger partial charge in [0.1, 0.15) is 5.82 Å². The zero-order valence-electron chi connectivity index (χ0n) is 17.4. The van der Waals surface area contributed by atoms with Gasteiger partial charge in [0.25, 0.3) is 5.91 Å². The smallest absolute Gasteiger partial charge is 0.251 e. The Morgan fingerprint density at radius 2 is 1.94 bits per heavy atom. The van der Waals surface area contributed by atoms with Gasteiger partial charge < -0.3 is 15.3 Å². The van der Waals surface area contributed by atoms with Crippen molar-refractivity contribution in [2.45, 2.75) is 12.8 Å². The molecular formula is C25H20FN5O2. The molecule has 1 aliphatic heterocycles. The number of aliphatic hydroxyl groups is 1. The number of rotatable bonds is 5. The van der Waals surface area contributed by atoms with Crippen molar-refractivity contribution in [2.75, 3.05) is 4.90 Å². The van der Waals surface area contributed by atoms with Gasteiger partial charge in [0.2, 0.25) is 0 Å². The number of H-pyrrole nitrogens is 1. The third kappa shape index (κ3) is 4.24. The maximum absolute atomic E-state index is 13.1. The Morgan fingerprint density at radius 3 is 2.73 bits per heavy atom. The Morgan fingerprint density at radius 1 is 1.09 bits per heavy atom. The van der Waals surface area contributed by atoms with E-state index in [1.807, 2.05) is 18.2 Å². The van der Waals surface area contributed by atoms with E-state index in [9.17, 15) is 14.3 Å². The summed E-state index contributed by atoms with van der Waals surface area (Å²) in [5.41, 5.74) is 5.01. The van der Waals surface area contributed by atoms with Gasteiger partial charge in [-0.2, -0.15) is 5.10 Å². The number of nitrogens with zero attached hydrogens (tertiary/aromatic N) is 3. The van der Waals surface area contributed by atoms with Crippen molar-refractivity contribution in [3.05, 3.63) is 102 Å². The van der Waals surface area contributed by atoms with Gasteiger partial charge in [-0.05, 0) is 53.6 Å². The molecule has 0 radical (unpaired) electrons. The Balaban J connectivity index is 1.35. The first-order valence-electron chi connectivity index (χ1n) is 10.3. The van der Waals surface area contributed by atoms with Crippen LogP contribution in [0, 0.1) is 5.82 Å². The molecule has 1 aromatic heterocycles. The van der Waals surface area contributed by atoms with Crippen molar-refractivity contribution in [1.82, 2.24) is 15.5 Å². The van der Waals surface area contributed by atoms with Gasteiger partial charge in [-0.3, -0.25) is 9.89 Å². The van der Waals surface area contributed by atoms with Crippen LogP contribution in [-0.2, 0) is 6.54 Å². The molecule has 8 heteroatoms. The third-order valence-electron chi connectivity index (χ3n) is 5.49. The Kier molecular flexibility index (Phi) is 5.42. The van der Waals surface area contributed by atoms with Crippen LogP contribution in [0.3, 0.4) is 0 Å². The number of hydrogen-bond acceptors (Lipinski definition) is 5. The summed E-state index contributed by atoms with van der Waals surface area (Å²) in [6, 6.07) is 18.6. The van der Waals surface area contributed by atoms with Crippen molar-refractivity contribution in [2.24, 2.45) is 4.99 Å². The number of fused-ring (bicyclic) bond motifs is 1. The monoisotopic (exact) mass is 441 g/mol. The van der Waals surface area contributed by atoms with Crippen molar-refractivity contribution in [3.8, 4) is 11.1 Å². The van der Waals surface area contributed by atoms with Crippen LogP contribution in [0.25, 0.3) is 11.1 Å². The summed E-state index contributed by atoms with van der Waals surface area (Å²) in [4.78, 5) is 18.7. The van der Waals surface area contributed by atoms with Gasteiger partial charge in [0, 0.05) is 35.1 Å². The number of anilines is 1. The minimum Gasteiger partial charge on any atom is -0.369 e. The van der Waals surface area contributed by atoms with Crippen LogP contribution in [0.4, 0.5) is 15.8 Å². The molecule has 0 saturated carbocycles. The van der Waals surface area contributed by atoms with Gasteiger partial charge in [-0.25, -0.2) is 9.38 Å². The minimum absolute atomic E-state index is 0.271. The van der Waals surface area contributed by atoms with E-state index in [1.165, 1.54) is 12.1 Å². The molecule has 0 aliphatic carbocycles. The molecule has 1 atom stereocenters. The minimum atomic E-state index is -0.970. The summed E-state index contributed by atoms with van der Waals surface area (Å²) in [7, 11) is 0. The number of amides is 1. The van der Waals surface area contributed by atoms with E-state index < -0.39 is 6.23 Å². The molecule has 164 valence electrons. The van der Waals surface area contributed by atoms with E-state index in [0.717, 1.165) is 16.7 Å². The fraction of sp³-hybridized carbons (Fsp3) is 0.0800. The lowest BCUT2D eigenvalue weighted by Gasteiger charge is -2.30. The zero-order chi connectivity index (χ0) is 22.8. The van der Waals surface area contributed by atoms with Crippen molar-refractivity contribution in [1.29, 1.82) is 0 Å². The van der Waals surface area contributed by atoms with Crippen LogP contribution < -0.4 is 10.2 Å². The van der Waals surface area contributed by atoms with Crippen LogP contribution in [-0.4, -0.2) is 27.5 Å². The maximum atomic E-state index is 13.1. The number of aromatic amines is 1. The average molecular weight is 441 g/mol. The highest BCUT2D eigenvalue weighted by Gasteiger charge is 2.25. The molecular weight excluding hydrogens is 421 g/mol. The molecule has 3 aromatic carbocycles. The van der Waals surface area contributed by atoms with Gasteiger partial charge in [-0.1, -0.05) is 24.3 Å². The second-order valence-corrected chi connectivity index (χ2v) is 7.65. The molecule has 1 aliphatic rings. The molecule has 0 spiro atoms. The fourth-order valence-corrected chi connectivity index (χ4v) is 3.71. The van der Waals surface area contributed by atoms with Crippen LogP contribution in [0.5, 0.6) is 0 Å². The predicted molar refractivity (Wildman–Crippen MR) is 124 cm³/mol. The number of halogens is 1. The SMILES string of the molecule is O=C(NCc1ccc(F)cc1)c1cccc(N2C=Nc3ccc(-c4cn[nH]c4)cc3C2O)c1. The normalized spacial score (nSPS) is 14.7. The molecule has 1 unspecified atom stereocenters. The Bertz CT molecular complexity index is 1320. The first kappa shape index (κ1) is 20.6. The standard InChI is InChI=1S/C25H20FN5O2/c26-20-7-4-16(5-8-20)12-27-24(32)18-2-1-3-21(10-18)31-15-28-23-9-6-17(11-22(23)25(31)33)19-13-29-30-14-19/h1-11,13-15,25,33H,12H2,(H,27,32)(H,29,30). The predicted octanol–water partition coefficient (Wildman–Crippen LogP) is 4.32. The summed E-state index contributed by atoms with van der Waals surface area (Å²) in [5.74, 6) is -0.592. The number of benzene rings is 3. The van der Waals surface area contributed by atoms with Crippen molar-refractivity contribution < 1.29 is 14.3 Å². The Hall–Kier alpha value is -4.30. The molecule has 5 rings (SSSR count). The third-order valence-corrected chi connectivity index (χ3v) is 5.49. The molecule has 0 saturated heterocycles. The molecule has 4 aromatic rings. The highest BCUT2D eigenvalue weighted by molar-refractivity contribution is 5.96. The van der Waals surface area contributed by atoms with Gasteiger partial charge >= 0.3 is 0 Å². The largest absolute Gasteiger partial charge is 0.369 e. The van der Waals surface area contributed by atoms with E-state index in [0.29, 0.717) is 22.5 Å². The van der Waals surface area contributed by atoms with E-state index in [-0.39, 0.29) is 18.3 Å². The van der Waals surface area contributed by atoms with Crippen LogP contribution in [0.2, 0.25) is 0 Å². The van der Waals surface area contributed by atoms with Gasteiger partial charge in [0.15, 0.2) is 6.23 Å². The maximum Gasteiger partial charge on any atom is 0.251 e. The molecule has 1 amide bonds. The Labute approximate surface area is 189 Å². The number of carbonyl (C=O) groups excluding carboxylic acids is 1. The van der Waals surface area contributed by atoms with E-state index in [4.69, 9.17) is 0 Å². The molecule has 2 heterocycles. The lowest BCUT2D eigenvalue weighted by atomic mass is 10.0. The molecule has 0 bridgehead atoms. The molecule has 7 nitrogen and oxygen atoms in total. The van der Waals surface area contributed by atoms with E-state index >= 15 is 0 Å². The van der Waals surface area contributed by atoms with Crippen LogP contribution >= 0.6 is 0 Å². The summed E-state index contributed by atoms with van der Waals surface area (Å²) in [5, 5.41) is 20.7.